The smallest absolute Gasteiger partial charge is 0.202 e. The van der Waals surface area contributed by atoms with Gasteiger partial charge in [0.15, 0.2) is 0 Å². The van der Waals surface area contributed by atoms with Crippen LogP contribution in [0.1, 0.15) is 41.5 Å². The highest BCUT2D eigenvalue weighted by Gasteiger charge is 2.64. The Bertz CT molecular complexity index is 401. The molecule has 3 nitrogen and oxygen atoms in total. The van der Waals surface area contributed by atoms with Gasteiger partial charge in [-0.15, -0.1) is 0 Å². The zero-order chi connectivity index (χ0) is 13.6. The van der Waals surface area contributed by atoms with E-state index in [9.17, 15) is 0 Å². The minimum atomic E-state index is 0.437. The lowest BCUT2D eigenvalue weighted by Gasteiger charge is -2.12. The van der Waals surface area contributed by atoms with Crippen molar-refractivity contribution in [3.8, 4) is 0 Å². The number of imidazole rings is 1. The lowest BCUT2D eigenvalue weighted by Crippen LogP contribution is -2.14. The molecule has 1 saturated carbocycles. The maximum atomic E-state index is 4.42. The third-order valence-corrected chi connectivity index (χ3v) is 5.08. The molecule has 18 heavy (non-hydrogen) atoms. The standard InChI is InChI=1S/C15H27N3/c1-11(2)9-17-13-16-7-8-18(13)10-12-14(3,4)15(12,5)6/h7-8,11-12H,9-10H2,1-6H3,(H,16,17). The SMILES string of the molecule is CC(C)CNc1nccn1CC1C(C)(C)C1(C)C. The highest BCUT2D eigenvalue weighted by Crippen LogP contribution is 2.68. The van der Waals surface area contributed by atoms with Crippen molar-refractivity contribution >= 4 is 5.95 Å². The van der Waals surface area contributed by atoms with Crippen LogP contribution in [0.15, 0.2) is 12.4 Å². The molecule has 0 spiro atoms. The summed E-state index contributed by atoms with van der Waals surface area (Å²) in [6, 6.07) is 0. The van der Waals surface area contributed by atoms with Gasteiger partial charge < -0.3 is 9.88 Å². The number of nitrogens with one attached hydrogen (secondary N) is 1. The third kappa shape index (κ3) is 2.15. The Morgan fingerprint density at radius 1 is 1.28 bits per heavy atom. The fraction of sp³-hybridized carbons (Fsp3) is 0.800. The summed E-state index contributed by atoms with van der Waals surface area (Å²) in [5, 5.41) is 3.43. The van der Waals surface area contributed by atoms with Gasteiger partial charge in [-0.2, -0.15) is 0 Å². The van der Waals surface area contributed by atoms with Gasteiger partial charge in [-0.1, -0.05) is 41.5 Å². The van der Waals surface area contributed by atoms with Crippen LogP contribution in [0.2, 0.25) is 0 Å². The summed E-state index contributed by atoms with van der Waals surface area (Å²) in [6.07, 6.45) is 3.98. The molecule has 1 N–H and O–H groups in total. The maximum Gasteiger partial charge on any atom is 0.202 e. The molecule has 0 radical (unpaired) electrons. The Hall–Kier alpha value is -0.990. The van der Waals surface area contributed by atoms with Gasteiger partial charge in [0, 0.05) is 25.5 Å². The molecule has 1 aromatic heterocycles. The van der Waals surface area contributed by atoms with Crippen molar-refractivity contribution in [2.45, 2.75) is 48.1 Å². The normalized spacial score (nSPS) is 21.3. The van der Waals surface area contributed by atoms with Crippen molar-refractivity contribution in [1.82, 2.24) is 9.55 Å². The summed E-state index contributed by atoms with van der Waals surface area (Å²) < 4.78 is 2.27. The highest BCUT2D eigenvalue weighted by molar-refractivity contribution is 5.27. The number of hydrogen-bond acceptors (Lipinski definition) is 2. The predicted octanol–water partition coefficient (Wildman–Crippen LogP) is 3.63. The molecule has 0 unspecified atom stereocenters. The molecule has 0 bridgehead atoms. The van der Waals surface area contributed by atoms with Crippen LogP contribution < -0.4 is 5.32 Å². The summed E-state index contributed by atoms with van der Waals surface area (Å²) in [4.78, 5) is 4.42. The molecule has 0 amide bonds. The number of hydrogen-bond donors (Lipinski definition) is 1. The van der Waals surface area contributed by atoms with E-state index in [0.29, 0.717) is 16.7 Å². The Balaban J connectivity index is 2.01. The predicted molar refractivity (Wildman–Crippen MR) is 76.6 cm³/mol. The molecule has 0 atom stereocenters. The number of aromatic nitrogens is 2. The summed E-state index contributed by atoms with van der Waals surface area (Å²) in [5.74, 6) is 2.39. The first kappa shape index (κ1) is 13.4. The zero-order valence-electron chi connectivity index (χ0n) is 12.6. The molecule has 1 aliphatic carbocycles. The number of nitrogens with zero attached hydrogens (tertiary/aromatic N) is 2. The van der Waals surface area contributed by atoms with Gasteiger partial charge in [-0.05, 0) is 22.7 Å². The summed E-state index contributed by atoms with van der Waals surface area (Å²) in [5.41, 5.74) is 0.874. The molecule has 1 fully saturated rings. The maximum absolute atomic E-state index is 4.42. The molecule has 1 heterocycles. The topological polar surface area (TPSA) is 29.9 Å². The van der Waals surface area contributed by atoms with E-state index < -0.39 is 0 Å². The summed E-state index contributed by atoms with van der Waals surface area (Å²) >= 11 is 0. The van der Waals surface area contributed by atoms with Crippen molar-refractivity contribution in [3.05, 3.63) is 12.4 Å². The van der Waals surface area contributed by atoms with Crippen molar-refractivity contribution in [1.29, 1.82) is 0 Å². The Labute approximate surface area is 111 Å². The van der Waals surface area contributed by atoms with Gasteiger partial charge in [0.2, 0.25) is 5.95 Å². The van der Waals surface area contributed by atoms with E-state index in [0.717, 1.165) is 25.0 Å². The third-order valence-electron chi connectivity index (χ3n) is 5.08. The van der Waals surface area contributed by atoms with E-state index in [1.54, 1.807) is 0 Å². The fourth-order valence-electron chi connectivity index (χ4n) is 2.91. The highest BCUT2D eigenvalue weighted by atomic mass is 15.2. The largest absolute Gasteiger partial charge is 0.355 e. The van der Waals surface area contributed by atoms with Crippen LogP contribution in [0.5, 0.6) is 0 Å². The van der Waals surface area contributed by atoms with Gasteiger partial charge in [0.1, 0.15) is 0 Å². The van der Waals surface area contributed by atoms with E-state index in [4.69, 9.17) is 0 Å². The van der Waals surface area contributed by atoms with E-state index in [-0.39, 0.29) is 0 Å². The van der Waals surface area contributed by atoms with E-state index in [1.807, 2.05) is 6.20 Å². The Morgan fingerprint density at radius 3 is 2.39 bits per heavy atom. The Kier molecular flexibility index (Phi) is 3.20. The molecular formula is C15H27N3. The second-order valence-corrected chi connectivity index (χ2v) is 7.17. The van der Waals surface area contributed by atoms with Gasteiger partial charge in [0.05, 0.1) is 0 Å². The van der Waals surface area contributed by atoms with Crippen molar-refractivity contribution in [2.24, 2.45) is 22.7 Å². The number of rotatable bonds is 5. The molecule has 0 aromatic carbocycles. The molecule has 1 aromatic rings. The Morgan fingerprint density at radius 2 is 1.89 bits per heavy atom. The van der Waals surface area contributed by atoms with Crippen molar-refractivity contribution < 1.29 is 0 Å². The van der Waals surface area contributed by atoms with Crippen LogP contribution in [0.25, 0.3) is 0 Å². The molecular weight excluding hydrogens is 222 g/mol. The van der Waals surface area contributed by atoms with Gasteiger partial charge >= 0.3 is 0 Å². The number of anilines is 1. The quantitative estimate of drug-likeness (QED) is 0.863. The average Bonchev–Trinajstić information content (AvgIpc) is 2.64. The van der Waals surface area contributed by atoms with E-state index in [2.05, 4.69) is 62.6 Å². The lowest BCUT2D eigenvalue weighted by atomic mass is 10.0. The van der Waals surface area contributed by atoms with Crippen LogP contribution in [-0.4, -0.2) is 16.1 Å². The lowest BCUT2D eigenvalue weighted by molar-refractivity contribution is 0.457. The van der Waals surface area contributed by atoms with E-state index in [1.165, 1.54) is 0 Å². The van der Waals surface area contributed by atoms with E-state index >= 15 is 0 Å². The molecule has 0 aliphatic heterocycles. The minimum absolute atomic E-state index is 0.437. The first-order valence-electron chi connectivity index (χ1n) is 7.02. The van der Waals surface area contributed by atoms with Crippen LogP contribution in [0.4, 0.5) is 5.95 Å². The average molecular weight is 249 g/mol. The molecule has 2 rings (SSSR count). The van der Waals surface area contributed by atoms with Gasteiger partial charge in [0.25, 0.3) is 0 Å². The van der Waals surface area contributed by atoms with Gasteiger partial charge in [-0.3, -0.25) is 0 Å². The molecule has 1 aliphatic rings. The van der Waals surface area contributed by atoms with Crippen LogP contribution in [0, 0.1) is 22.7 Å². The first-order valence-corrected chi connectivity index (χ1v) is 7.02. The summed E-state index contributed by atoms with van der Waals surface area (Å²) in [7, 11) is 0. The van der Waals surface area contributed by atoms with Crippen LogP contribution >= 0.6 is 0 Å². The van der Waals surface area contributed by atoms with Crippen LogP contribution in [-0.2, 0) is 6.54 Å². The van der Waals surface area contributed by atoms with Crippen molar-refractivity contribution in [2.75, 3.05) is 11.9 Å². The second-order valence-electron chi connectivity index (χ2n) is 7.17. The van der Waals surface area contributed by atoms with Crippen LogP contribution in [0.3, 0.4) is 0 Å². The minimum Gasteiger partial charge on any atom is -0.355 e. The molecule has 102 valence electrons. The monoisotopic (exact) mass is 249 g/mol. The molecule has 3 heteroatoms. The molecule has 0 saturated heterocycles. The van der Waals surface area contributed by atoms with Crippen molar-refractivity contribution in [3.63, 3.8) is 0 Å². The zero-order valence-corrected chi connectivity index (χ0v) is 12.6. The summed E-state index contributed by atoms with van der Waals surface area (Å²) in [6.45, 7) is 16.0. The second kappa shape index (κ2) is 4.29. The fourth-order valence-corrected chi connectivity index (χ4v) is 2.91. The van der Waals surface area contributed by atoms with Gasteiger partial charge in [-0.25, -0.2) is 4.98 Å². The first-order chi connectivity index (χ1) is 8.26.